The van der Waals surface area contributed by atoms with Crippen molar-refractivity contribution in [3.63, 3.8) is 0 Å². The molecule has 1 atom stereocenters. The van der Waals surface area contributed by atoms with Gasteiger partial charge in [-0.3, -0.25) is 14.9 Å². The SMILES string of the molecule is COc1ccc2c(c1)[C@H](NC(=O)c1ccc(Cl)c([N+](=O)[O-])c1)CC(C)(C)O2. The number of rotatable bonds is 4. The molecule has 3 rings (SSSR count). The third-order valence-corrected chi connectivity index (χ3v) is 4.70. The number of halogens is 1. The molecule has 0 aliphatic carbocycles. The molecule has 2 aromatic rings. The number of fused-ring (bicyclic) bond motifs is 1. The van der Waals surface area contributed by atoms with Crippen LogP contribution in [0.1, 0.15) is 42.2 Å². The van der Waals surface area contributed by atoms with Gasteiger partial charge in [-0.2, -0.15) is 0 Å². The second kappa shape index (κ2) is 7.08. The van der Waals surface area contributed by atoms with Gasteiger partial charge >= 0.3 is 0 Å². The lowest BCUT2D eigenvalue weighted by molar-refractivity contribution is -0.384. The molecule has 7 nitrogen and oxygen atoms in total. The van der Waals surface area contributed by atoms with Crippen molar-refractivity contribution in [1.82, 2.24) is 5.32 Å². The van der Waals surface area contributed by atoms with Gasteiger partial charge in [0.15, 0.2) is 0 Å². The Morgan fingerprint density at radius 1 is 1.33 bits per heavy atom. The van der Waals surface area contributed by atoms with E-state index >= 15 is 0 Å². The van der Waals surface area contributed by atoms with Crippen LogP contribution in [-0.2, 0) is 0 Å². The van der Waals surface area contributed by atoms with E-state index in [1.165, 1.54) is 18.2 Å². The molecule has 0 aromatic heterocycles. The summed E-state index contributed by atoms with van der Waals surface area (Å²) in [5, 5.41) is 14.0. The van der Waals surface area contributed by atoms with Gasteiger partial charge in [-0.15, -0.1) is 0 Å². The number of amides is 1. The number of nitrogens with one attached hydrogen (secondary N) is 1. The highest BCUT2D eigenvalue weighted by atomic mass is 35.5. The number of nitrogens with zero attached hydrogens (tertiary/aromatic N) is 1. The minimum atomic E-state index is -0.614. The highest BCUT2D eigenvalue weighted by Crippen LogP contribution is 2.41. The van der Waals surface area contributed by atoms with Crippen LogP contribution in [0.2, 0.25) is 5.02 Å². The van der Waals surface area contributed by atoms with Crippen molar-refractivity contribution in [2.24, 2.45) is 0 Å². The largest absolute Gasteiger partial charge is 0.497 e. The molecule has 0 saturated heterocycles. The zero-order valence-corrected chi connectivity index (χ0v) is 15.9. The van der Waals surface area contributed by atoms with E-state index in [1.54, 1.807) is 19.2 Å². The van der Waals surface area contributed by atoms with Crippen molar-refractivity contribution in [2.75, 3.05) is 7.11 Å². The van der Waals surface area contributed by atoms with Gasteiger partial charge in [0, 0.05) is 23.6 Å². The van der Waals surface area contributed by atoms with Crippen LogP contribution in [0.15, 0.2) is 36.4 Å². The molecule has 0 bridgehead atoms. The summed E-state index contributed by atoms with van der Waals surface area (Å²) in [5.74, 6) is 0.893. The molecule has 0 unspecified atom stereocenters. The molecule has 8 heteroatoms. The van der Waals surface area contributed by atoms with E-state index < -0.39 is 16.4 Å². The van der Waals surface area contributed by atoms with Gasteiger partial charge in [-0.1, -0.05) is 11.6 Å². The molecule has 1 aliphatic heterocycles. The molecule has 142 valence electrons. The van der Waals surface area contributed by atoms with Crippen LogP contribution in [-0.4, -0.2) is 23.5 Å². The van der Waals surface area contributed by atoms with Gasteiger partial charge in [-0.25, -0.2) is 0 Å². The van der Waals surface area contributed by atoms with Crippen molar-refractivity contribution >= 4 is 23.2 Å². The maximum Gasteiger partial charge on any atom is 0.288 e. The van der Waals surface area contributed by atoms with Crippen LogP contribution in [0.5, 0.6) is 11.5 Å². The molecule has 0 spiro atoms. The van der Waals surface area contributed by atoms with Crippen molar-refractivity contribution in [2.45, 2.75) is 31.9 Å². The molecule has 1 aliphatic rings. The Hall–Kier alpha value is -2.80. The first-order chi connectivity index (χ1) is 12.7. The average Bonchev–Trinajstić information content (AvgIpc) is 2.60. The smallest absolute Gasteiger partial charge is 0.288 e. The first-order valence-electron chi connectivity index (χ1n) is 8.32. The van der Waals surface area contributed by atoms with Crippen LogP contribution >= 0.6 is 11.6 Å². The van der Waals surface area contributed by atoms with E-state index in [-0.39, 0.29) is 22.3 Å². The normalized spacial score (nSPS) is 17.4. The van der Waals surface area contributed by atoms with Crippen molar-refractivity contribution in [3.05, 3.63) is 62.7 Å². The van der Waals surface area contributed by atoms with E-state index in [1.807, 2.05) is 19.9 Å². The third kappa shape index (κ3) is 3.98. The van der Waals surface area contributed by atoms with E-state index in [4.69, 9.17) is 21.1 Å². The maximum absolute atomic E-state index is 12.7. The number of benzene rings is 2. The average molecular weight is 391 g/mol. The molecule has 1 amide bonds. The number of methoxy groups -OCH3 is 1. The van der Waals surface area contributed by atoms with Gasteiger partial charge < -0.3 is 14.8 Å². The molecule has 1 heterocycles. The maximum atomic E-state index is 12.7. The number of hydrogen-bond acceptors (Lipinski definition) is 5. The fourth-order valence-electron chi connectivity index (χ4n) is 3.12. The fraction of sp³-hybridized carbons (Fsp3) is 0.316. The van der Waals surface area contributed by atoms with Crippen LogP contribution in [0, 0.1) is 10.1 Å². The lowest BCUT2D eigenvalue weighted by atomic mass is 9.89. The van der Waals surface area contributed by atoms with Gasteiger partial charge in [-0.05, 0) is 44.2 Å². The Morgan fingerprint density at radius 2 is 2.07 bits per heavy atom. The Balaban J connectivity index is 1.92. The summed E-state index contributed by atoms with van der Waals surface area (Å²) in [6.45, 7) is 3.87. The minimum Gasteiger partial charge on any atom is -0.497 e. The monoisotopic (exact) mass is 390 g/mol. The summed E-state index contributed by atoms with van der Waals surface area (Å²) in [7, 11) is 1.57. The predicted octanol–water partition coefficient (Wildman–Crippen LogP) is 4.29. The number of carbonyl (C=O) groups excluding carboxylic acids is 1. The minimum absolute atomic E-state index is 0.0150. The second-order valence-electron chi connectivity index (χ2n) is 6.92. The summed E-state index contributed by atoms with van der Waals surface area (Å²) >= 11 is 5.82. The Morgan fingerprint density at radius 3 is 2.74 bits per heavy atom. The van der Waals surface area contributed by atoms with E-state index in [2.05, 4.69) is 5.32 Å². The molecular weight excluding hydrogens is 372 g/mol. The predicted molar refractivity (Wildman–Crippen MR) is 101 cm³/mol. The number of hydrogen-bond donors (Lipinski definition) is 1. The molecule has 27 heavy (non-hydrogen) atoms. The number of nitro groups is 1. The van der Waals surface area contributed by atoms with Crippen molar-refractivity contribution < 1.29 is 19.2 Å². The summed E-state index contributed by atoms with van der Waals surface area (Å²) in [5.41, 5.74) is 0.176. The van der Waals surface area contributed by atoms with Crippen LogP contribution < -0.4 is 14.8 Å². The van der Waals surface area contributed by atoms with Crippen molar-refractivity contribution in [3.8, 4) is 11.5 Å². The Labute approximate surface area is 161 Å². The summed E-state index contributed by atoms with van der Waals surface area (Å²) < 4.78 is 11.3. The highest BCUT2D eigenvalue weighted by Gasteiger charge is 2.35. The van der Waals surface area contributed by atoms with Crippen molar-refractivity contribution in [1.29, 1.82) is 0 Å². The molecule has 2 aromatic carbocycles. The zero-order chi connectivity index (χ0) is 19.8. The topological polar surface area (TPSA) is 90.7 Å². The third-order valence-electron chi connectivity index (χ3n) is 4.38. The van der Waals surface area contributed by atoms with Gasteiger partial charge in [0.1, 0.15) is 22.1 Å². The molecule has 0 fully saturated rings. The quantitative estimate of drug-likeness (QED) is 0.621. The fourth-order valence-corrected chi connectivity index (χ4v) is 3.31. The first kappa shape index (κ1) is 19.0. The standard InChI is InChI=1S/C19H19ClN2O5/c1-19(2)10-15(13-9-12(26-3)5-7-17(13)27-19)21-18(23)11-4-6-14(20)16(8-11)22(24)25/h4-9,15H,10H2,1-3H3,(H,21,23)/t15-/m1/s1. The first-order valence-corrected chi connectivity index (χ1v) is 8.70. The molecule has 1 N–H and O–H groups in total. The lowest BCUT2D eigenvalue weighted by Gasteiger charge is -2.38. The Bertz CT molecular complexity index is 913. The van der Waals surface area contributed by atoms with E-state index in [9.17, 15) is 14.9 Å². The highest BCUT2D eigenvalue weighted by molar-refractivity contribution is 6.32. The molecule has 0 radical (unpaired) electrons. The van der Waals surface area contributed by atoms with E-state index in [0.717, 1.165) is 5.56 Å². The van der Waals surface area contributed by atoms with Gasteiger partial charge in [0.05, 0.1) is 18.1 Å². The number of carbonyl (C=O) groups is 1. The molecular formula is C19H19ClN2O5. The summed E-state index contributed by atoms with van der Waals surface area (Å²) in [6, 6.07) is 9.07. The number of ether oxygens (including phenoxy) is 2. The van der Waals surface area contributed by atoms with Gasteiger partial charge in [0.25, 0.3) is 11.6 Å². The van der Waals surface area contributed by atoms with Crippen LogP contribution in [0.4, 0.5) is 5.69 Å². The van der Waals surface area contributed by atoms with Gasteiger partial charge in [0.2, 0.25) is 0 Å². The van der Waals surface area contributed by atoms with E-state index in [0.29, 0.717) is 17.9 Å². The molecule has 0 saturated carbocycles. The van der Waals surface area contributed by atoms with Crippen LogP contribution in [0.3, 0.4) is 0 Å². The Kier molecular flexibility index (Phi) is 4.97. The summed E-state index contributed by atoms with van der Waals surface area (Å²) in [4.78, 5) is 23.2. The van der Waals surface area contributed by atoms with Crippen LogP contribution in [0.25, 0.3) is 0 Å². The summed E-state index contributed by atoms with van der Waals surface area (Å²) in [6.07, 6.45) is 0.536. The number of nitro benzene ring substituents is 1. The zero-order valence-electron chi connectivity index (χ0n) is 15.1. The second-order valence-corrected chi connectivity index (χ2v) is 7.33. The lowest BCUT2D eigenvalue weighted by Crippen LogP contribution is -2.41.